The van der Waals surface area contributed by atoms with Gasteiger partial charge in [-0.3, -0.25) is 14.4 Å². The summed E-state index contributed by atoms with van der Waals surface area (Å²) in [6.07, 6.45) is -1.53. The lowest BCUT2D eigenvalue weighted by atomic mass is 10.1. The average Bonchev–Trinajstić information content (AvgIpc) is 2.67. The molecule has 0 rings (SSSR count). The number of aliphatic hydroxyl groups is 3. The van der Waals surface area contributed by atoms with Gasteiger partial charge in [0, 0.05) is 0 Å². The minimum absolute atomic E-state index is 0.0974. The Balaban J connectivity index is 5.34. The first-order valence-electron chi connectivity index (χ1n) is 9.52. The van der Waals surface area contributed by atoms with Crippen molar-refractivity contribution in [2.24, 2.45) is 11.5 Å². The van der Waals surface area contributed by atoms with Gasteiger partial charge in [-0.1, -0.05) is 0 Å². The second kappa shape index (κ2) is 13.8. The molecule has 0 fully saturated rings. The van der Waals surface area contributed by atoms with Crippen LogP contribution < -0.4 is 27.4 Å². The van der Waals surface area contributed by atoms with Gasteiger partial charge in [0.2, 0.25) is 17.7 Å². The SMILES string of the molecule is CC(O)C(N)C(=O)NC(C(=O)NC(CCCCN)C(=O)NC(CO)C(=O)O)C(C)O. The Kier molecular flexibility index (Phi) is 12.8. The normalized spacial score (nSPS) is 17.0. The Labute approximate surface area is 174 Å². The number of unbranched alkanes of at least 4 members (excludes halogenated alkanes) is 1. The fraction of sp³-hybridized carbons (Fsp3) is 0.765. The number of aliphatic hydroxyl groups excluding tert-OH is 3. The van der Waals surface area contributed by atoms with E-state index in [0.717, 1.165) is 0 Å². The summed E-state index contributed by atoms with van der Waals surface area (Å²) < 4.78 is 0. The summed E-state index contributed by atoms with van der Waals surface area (Å²) in [7, 11) is 0. The zero-order chi connectivity index (χ0) is 23.4. The second-order valence-corrected chi connectivity index (χ2v) is 6.92. The molecule has 0 saturated heterocycles. The highest BCUT2D eigenvalue weighted by Gasteiger charge is 2.32. The highest BCUT2D eigenvalue weighted by molar-refractivity contribution is 5.94. The van der Waals surface area contributed by atoms with Crippen molar-refractivity contribution in [3.63, 3.8) is 0 Å². The molecule has 11 N–H and O–H groups in total. The van der Waals surface area contributed by atoms with Crippen LogP contribution in [-0.2, 0) is 19.2 Å². The van der Waals surface area contributed by atoms with Crippen molar-refractivity contribution in [1.29, 1.82) is 0 Å². The Hall–Kier alpha value is -2.32. The molecular formula is C17H33N5O8. The largest absolute Gasteiger partial charge is 0.480 e. The summed E-state index contributed by atoms with van der Waals surface area (Å²) in [5, 5.41) is 44.0. The Morgan fingerprint density at radius 2 is 1.43 bits per heavy atom. The Morgan fingerprint density at radius 3 is 1.87 bits per heavy atom. The predicted molar refractivity (Wildman–Crippen MR) is 105 cm³/mol. The maximum absolute atomic E-state index is 12.6. The number of carboxylic acids is 1. The van der Waals surface area contributed by atoms with Crippen molar-refractivity contribution in [3.05, 3.63) is 0 Å². The number of nitrogens with two attached hydrogens (primary N) is 2. The van der Waals surface area contributed by atoms with Crippen LogP contribution in [0.1, 0.15) is 33.1 Å². The highest BCUT2D eigenvalue weighted by Crippen LogP contribution is 2.04. The summed E-state index contributed by atoms with van der Waals surface area (Å²) >= 11 is 0. The topological polar surface area (TPSA) is 237 Å². The molecule has 0 aromatic heterocycles. The van der Waals surface area contributed by atoms with Crippen molar-refractivity contribution < 1.29 is 39.6 Å². The van der Waals surface area contributed by atoms with E-state index in [-0.39, 0.29) is 6.42 Å². The quantitative estimate of drug-likeness (QED) is 0.119. The van der Waals surface area contributed by atoms with Gasteiger partial charge in [-0.2, -0.15) is 0 Å². The molecule has 0 heterocycles. The third kappa shape index (κ3) is 9.45. The monoisotopic (exact) mass is 435 g/mol. The van der Waals surface area contributed by atoms with Crippen molar-refractivity contribution in [2.75, 3.05) is 13.2 Å². The molecular weight excluding hydrogens is 402 g/mol. The predicted octanol–water partition coefficient (Wildman–Crippen LogP) is -4.26. The van der Waals surface area contributed by atoms with Crippen LogP contribution in [0.5, 0.6) is 0 Å². The van der Waals surface area contributed by atoms with Gasteiger partial charge in [0.15, 0.2) is 0 Å². The van der Waals surface area contributed by atoms with Crippen molar-refractivity contribution in [3.8, 4) is 0 Å². The standard InChI is InChI=1S/C17H33N5O8/c1-8(24)12(19)15(27)22-13(9(2)25)16(28)20-10(5-3-4-6-18)14(26)21-11(7-23)17(29)30/h8-13,23-25H,3-7,18-19H2,1-2H3,(H,20,28)(H,21,26)(H,22,27)(H,29,30). The third-order valence-electron chi connectivity index (χ3n) is 4.26. The molecule has 30 heavy (non-hydrogen) atoms. The first-order chi connectivity index (χ1) is 14.0. The second-order valence-electron chi connectivity index (χ2n) is 6.92. The molecule has 0 spiro atoms. The Bertz CT molecular complexity index is 586. The van der Waals surface area contributed by atoms with Crippen LogP contribution in [-0.4, -0.2) is 93.6 Å². The van der Waals surface area contributed by atoms with E-state index >= 15 is 0 Å². The number of nitrogens with one attached hydrogen (secondary N) is 3. The molecule has 0 radical (unpaired) electrons. The maximum atomic E-state index is 12.6. The minimum Gasteiger partial charge on any atom is -0.480 e. The molecule has 0 bridgehead atoms. The smallest absolute Gasteiger partial charge is 0.328 e. The molecule has 0 saturated carbocycles. The van der Waals surface area contributed by atoms with Crippen LogP contribution in [0.3, 0.4) is 0 Å². The lowest BCUT2D eigenvalue weighted by molar-refractivity contribution is -0.143. The summed E-state index contributed by atoms with van der Waals surface area (Å²) in [6.45, 7) is 1.99. The molecule has 6 atom stereocenters. The van der Waals surface area contributed by atoms with Gasteiger partial charge < -0.3 is 47.8 Å². The van der Waals surface area contributed by atoms with Crippen molar-refractivity contribution in [2.45, 2.75) is 69.5 Å². The first kappa shape index (κ1) is 27.7. The number of carbonyl (C=O) groups is 4. The molecule has 13 nitrogen and oxygen atoms in total. The summed E-state index contributed by atoms with van der Waals surface area (Å²) in [5.41, 5.74) is 10.9. The molecule has 3 amide bonds. The lowest BCUT2D eigenvalue weighted by Gasteiger charge is -2.26. The third-order valence-corrected chi connectivity index (χ3v) is 4.26. The number of amides is 3. The average molecular weight is 435 g/mol. The van der Waals surface area contributed by atoms with E-state index in [2.05, 4.69) is 16.0 Å². The molecule has 0 aromatic carbocycles. The minimum atomic E-state index is -1.57. The van der Waals surface area contributed by atoms with Crippen LogP contribution in [0, 0.1) is 0 Å². The number of carboxylic acid groups (broad SMARTS) is 1. The van der Waals surface area contributed by atoms with Gasteiger partial charge in [-0.15, -0.1) is 0 Å². The molecule has 0 aliphatic heterocycles. The molecule has 0 aliphatic rings. The van der Waals surface area contributed by atoms with Crippen molar-refractivity contribution >= 4 is 23.7 Å². The number of aliphatic carboxylic acids is 1. The van der Waals surface area contributed by atoms with E-state index in [1.807, 2.05) is 0 Å². The van der Waals surface area contributed by atoms with Gasteiger partial charge in [0.1, 0.15) is 24.2 Å². The van der Waals surface area contributed by atoms with E-state index in [1.54, 1.807) is 0 Å². The Morgan fingerprint density at radius 1 is 0.867 bits per heavy atom. The fourth-order valence-electron chi connectivity index (χ4n) is 2.35. The molecule has 0 aromatic rings. The number of hydrogen-bond donors (Lipinski definition) is 9. The van der Waals surface area contributed by atoms with Crippen LogP contribution in [0.15, 0.2) is 0 Å². The summed E-state index contributed by atoms with van der Waals surface area (Å²) in [5.74, 6) is -4.13. The molecule has 13 heteroatoms. The van der Waals surface area contributed by atoms with Gasteiger partial charge >= 0.3 is 5.97 Å². The van der Waals surface area contributed by atoms with E-state index in [0.29, 0.717) is 19.4 Å². The summed E-state index contributed by atoms with van der Waals surface area (Å²) in [6, 6.07) is -5.60. The van der Waals surface area contributed by atoms with Gasteiger partial charge in [-0.25, -0.2) is 4.79 Å². The van der Waals surface area contributed by atoms with Crippen LogP contribution >= 0.6 is 0 Å². The highest BCUT2D eigenvalue weighted by atomic mass is 16.4. The molecule has 174 valence electrons. The van der Waals surface area contributed by atoms with E-state index in [9.17, 15) is 29.4 Å². The van der Waals surface area contributed by atoms with Gasteiger partial charge in [-0.05, 0) is 39.7 Å². The van der Waals surface area contributed by atoms with E-state index < -0.39 is 66.7 Å². The van der Waals surface area contributed by atoms with Crippen LogP contribution in [0.25, 0.3) is 0 Å². The van der Waals surface area contributed by atoms with Gasteiger partial charge in [0.25, 0.3) is 0 Å². The zero-order valence-corrected chi connectivity index (χ0v) is 17.1. The summed E-state index contributed by atoms with van der Waals surface area (Å²) in [4.78, 5) is 48.1. The van der Waals surface area contributed by atoms with E-state index in [4.69, 9.17) is 21.7 Å². The van der Waals surface area contributed by atoms with E-state index in [1.165, 1.54) is 13.8 Å². The number of rotatable bonds is 14. The van der Waals surface area contributed by atoms with Crippen LogP contribution in [0.4, 0.5) is 0 Å². The fourth-order valence-corrected chi connectivity index (χ4v) is 2.35. The maximum Gasteiger partial charge on any atom is 0.328 e. The molecule has 6 unspecified atom stereocenters. The first-order valence-corrected chi connectivity index (χ1v) is 9.52. The van der Waals surface area contributed by atoms with Gasteiger partial charge in [0.05, 0.1) is 18.8 Å². The molecule has 0 aliphatic carbocycles. The zero-order valence-electron chi connectivity index (χ0n) is 17.1. The van der Waals surface area contributed by atoms with Crippen molar-refractivity contribution in [1.82, 2.24) is 16.0 Å². The lowest BCUT2D eigenvalue weighted by Crippen LogP contribution is -2.60. The number of hydrogen-bond acceptors (Lipinski definition) is 9. The van der Waals surface area contributed by atoms with Crippen LogP contribution in [0.2, 0.25) is 0 Å². The number of carbonyl (C=O) groups excluding carboxylic acids is 3.